The lowest BCUT2D eigenvalue weighted by Gasteiger charge is -2.03. The first kappa shape index (κ1) is 11.2. The highest BCUT2D eigenvalue weighted by molar-refractivity contribution is 7.89. The molecule has 0 aliphatic carbocycles. The van der Waals surface area contributed by atoms with Gasteiger partial charge in [0, 0.05) is 6.54 Å². The van der Waals surface area contributed by atoms with Crippen molar-refractivity contribution in [3.8, 4) is 0 Å². The zero-order chi connectivity index (χ0) is 10.4. The van der Waals surface area contributed by atoms with Crippen molar-refractivity contribution in [1.82, 2.24) is 4.72 Å². The fourth-order valence-corrected chi connectivity index (χ4v) is 1.66. The van der Waals surface area contributed by atoms with Crippen molar-refractivity contribution in [3.63, 3.8) is 0 Å². The number of hydrogen-bond donors (Lipinski definition) is 1. The summed E-state index contributed by atoms with van der Waals surface area (Å²) in [6.45, 7) is 2.08. The van der Waals surface area contributed by atoms with Crippen LogP contribution in [-0.4, -0.2) is 20.7 Å². The Morgan fingerprint density at radius 2 is 2.00 bits per heavy atom. The monoisotopic (exact) mass is 212 g/mol. The van der Waals surface area contributed by atoms with Gasteiger partial charge >= 0.3 is 0 Å². The molecule has 0 bridgehead atoms. The third-order valence-electron chi connectivity index (χ3n) is 1.90. The van der Waals surface area contributed by atoms with E-state index < -0.39 is 10.0 Å². The summed E-state index contributed by atoms with van der Waals surface area (Å²) >= 11 is 0. The molecular formula is C10H14NO2S. The van der Waals surface area contributed by atoms with Crippen LogP contribution in [0.1, 0.15) is 12.5 Å². The van der Waals surface area contributed by atoms with Crippen LogP contribution < -0.4 is 4.72 Å². The van der Waals surface area contributed by atoms with Crippen LogP contribution in [0.4, 0.5) is 0 Å². The van der Waals surface area contributed by atoms with E-state index >= 15 is 0 Å². The average molecular weight is 212 g/mol. The zero-order valence-corrected chi connectivity index (χ0v) is 8.97. The maximum atomic E-state index is 11.1. The predicted molar refractivity (Wildman–Crippen MR) is 56.4 cm³/mol. The molecule has 0 atom stereocenters. The fraction of sp³-hybridized carbons (Fsp3) is 0.400. The largest absolute Gasteiger partial charge is 0.215 e. The Kier molecular flexibility index (Phi) is 4.10. The van der Waals surface area contributed by atoms with Crippen LogP contribution in [0, 0.1) is 6.07 Å². The molecule has 0 aliphatic rings. The van der Waals surface area contributed by atoms with Crippen molar-refractivity contribution in [2.24, 2.45) is 0 Å². The molecular weight excluding hydrogens is 198 g/mol. The lowest BCUT2D eigenvalue weighted by molar-refractivity contribution is 0.583. The molecule has 14 heavy (non-hydrogen) atoms. The molecule has 1 rings (SSSR count). The van der Waals surface area contributed by atoms with Gasteiger partial charge in [-0.1, -0.05) is 24.3 Å². The van der Waals surface area contributed by atoms with Crippen molar-refractivity contribution in [1.29, 1.82) is 0 Å². The van der Waals surface area contributed by atoms with E-state index in [2.05, 4.69) is 10.8 Å². The first-order valence-electron chi connectivity index (χ1n) is 4.56. The third kappa shape index (κ3) is 3.89. The molecule has 0 spiro atoms. The molecule has 77 valence electrons. The Balaban J connectivity index is 2.37. The van der Waals surface area contributed by atoms with Gasteiger partial charge in [0.15, 0.2) is 0 Å². The van der Waals surface area contributed by atoms with E-state index in [0.29, 0.717) is 13.0 Å². The van der Waals surface area contributed by atoms with Crippen LogP contribution in [0.25, 0.3) is 0 Å². The molecule has 1 radical (unpaired) electrons. The molecule has 0 fully saturated rings. The van der Waals surface area contributed by atoms with E-state index in [0.717, 1.165) is 5.56 Å². The summed E-state index contributed by atoms with van der Waals surface area (Å²) in [5.74, 6) is 0.134. The van der Waals surface area contributed by atoms with Crippen LogP contribution in [-0.2, 0) is 16.4 Å². The molecule has 1 aromatic carbocycles. The summed E-state index contributed by atoms with van der Waals surface area (Å²) in [4.78, 5) is 0. The van der Waals surface area contributed by atoms with Gasteiger partial charge in [0.1, 0.15) is 0 Å². The van der Waals surface area contributed by atoms with Gasteiger partial charge in [0.2, 0.25) is 10.0 Å². The fourth-order valence-electron chi connectivity index (χ4n) is 1.04. The summed E-state index contributed by atoms with van der Waals surface area (Å²) in [5, 5.41) is 0. The van der Waals surface area contributed by atoms with Crippen LogP contribution in [0.3, 0.4) is 0 Å². The van der Waals surface area contributed by atoms with Gasteiger partial charge in [-0.3, -0.25) is 0 Å². The van der Waals surface area contributed by atoms with Gasteiger partial charge in [-0.2, -0.15) is 0 Å². The Hall–Kier alpha value is -0.870. The maximum absolute atomic E-state index is 11.1. The Labute approximate surface area is 85.2 Å². The van der Waals surface area contributed by atoms with Gasteiger partial charge in [0.05, 0.1) is 5.75 Å². The van der Waals surface area contributed by atoms with Crippen LogP contribution in [0.15, 0.2) is 24.3 Å². The van der Waals surface area contributed by atoms with E-state index in [4.69, 9.17) is 0 Å². The van der Waals surface area contributed by atoms with E-state index in [9.17, 15) is 8.42 Å². The smallest absolute Gasteiger partial charge is 0.211 e. The molecule has 0 amide bonds. The SMILES string of the molecule is CCS(=O)(=O)NCCc1cc[c]cc1. The van der Waals surface area contributed by atoms with Gasteiger partial charge in [-0.05, 0) is 25.0 Å². The van der Waals surface area contributed by atoms with Crippen LogP contribution in [0.2, 0.25) is 0 Å². The quantitative estimate of drug-likeness (QED) is 0.790. The number of nitrogens with one attached hydrogen (secondary N) is 1. The number of sulfonamides is 1. The summed E-state index contributed by atoms with van der Waals surface area (Å²) in [7, 11) is -3.05. The second kappa shape index (κ2) is 5.12. The maximum Gasteiger partial charge on any atom is 0.211 e. The first-order chi connectivity index (χ1) is 6.64. The molecule has 4 heteroatoms. The minimum absolute atomic E-state index is 0.134. The Bertz CT molecular complexity index is 359. The highest BCUT2D eigenvalue weighted by atomic mass is 32.2. The van der Waals surface area contributed by atoms with E-state index in [-0.39, 0.29) is 5.75 Å². The van der Waals surface area contributed by atoms with Crippen molar-refractivity contribution in [2.75, 3.05) is 12.3 Å². The molecule has 0 heterocycles. The van der Waals surface area contributed by atoms with E-state index in [1.807, 2.05) is 24.3 Å². The van der Waals surface area contributed by atoms with Crippen molar-refractivity contribution < 1.29 is 8.42 Å². The van der Waals surface area contributed by atoms with E-state index in [1.165, 1.54) is 0 Å². The third-order valence-corrected chi connectivity index (χ3v) is 3.31. The summed E-state index contributed by atoms with van der Waals surface area (Å²) in [6, 6.07) is 10.4. The first-order valence-corrected chi connectivity index (χ1v) is 6.21. The lowest BCUT2D eigenvalue weighted by atomic mass is 10.2. The average Bonchev–Trinajstić information content (AvgIpc) is 2.19. The second-order valence-corrected chi connectivity index (χ2v) is 5.05. The summed E-state index contributed by atoms with van der Waals surface area (Å²) in [6.07, 6.45) is 0.716. The standard InChI is InChI=1S/C10H14NO2S/c1-2-14(12,13)11-9-8-10-6-4-3-5-7-10/h4-7,11H,2,8-9H2,1H3. The van der Waals surface area contributed by atoms with Gasteiger partial charge in [-0.25, -0.2) is 13.1 Å². The molecule has 0 aromatic heterocycles. The normalized spacial score (nSPS) is 11.5. The zero-order valence-electron chi connectivity index (χ0n) is 8.16. The molecule has 0 aliphatic heterocycles. The van der Waals surface area contributed by atoms with Crippen molar-refractivity contribution >= 4 is 10.0 Å². The van der Waals surface area contributed by atoms with Crippen LogP contribution >= 0.6 is 0 Å². The van der Waals surface area contributed by atoms with Crippen molar-refractivity contribution in [2.45, 2.75) is 13.3 Å². The van der Waals surface area contributed by atoms with Crippen molar-refractivity contribution in [3.05, 3.63) is 35.9 Å². The molecule has 0 unspecified atom stereocenters. The molecule has 0 saturated heterocycles. The minimum Gasteiger partial charge on any atom is -0.215 e. The van der Waals surface area contributed by atoms with Gasteiger partial charge < -0.3 is 0 Å². The second-order valence-electron chi connectivity index (χ2n) is 2.96. The molecule has 1 N–H and O–H groups in total. The number of hydrogen-bond acceptors (Lipinski definition) is 2. The highest BCUT2D eigenvalue weighted by Crippen LogP contribution is 1.98. The number of rotatable bonds is 5. The summed E-state index contributed by atoms with van der Waals surface area (Å²) < 4.78 is 24.7. The van der Waals surface area contributed by atoms with Crippen LogP contribution in [0.5, 0.6) is 0 Å². The Morgan fingerprint density at radius 3 is 2.57 bits per heavy atom. The lowest BCUT2D eigenvalue weighted by Crippen LogP contribution is -2.27. The topological polar surface area (TPSA) is 46.2 Å². The molecule has 3 nitrogen and oxygen atoms in total. The van der Waals surface area contributed by atoms with Gasteiger partial charge in [-0.15, -0.1) is 0 Å². The van der Waals surface area contributed by atoms with E-state index in [1.54, 1.807) is 6.92 Å². The van der Waals surface area contributed by atoms with Gasteiger partial charge in [0.25, 0.3) is 0 Å². The Morgan fingerprint density at radius 1 is 1.36 bits per heavy atom. The molecule has 1 aromatic rings. The predicted octanol–water partition coefficient (Wildman–Crippen LogP) is 0.969. The minimum atomic E-state index is -3.05. The molecule has 0 saturated carbocycles. The highest BCUT2D eigenvalue weighted by Gasteiger charge is 2.04. The summed E-state index contributed by atoms with van der Waals surface area (Å²) in [5.41, 5.74) is 1.11. The number of benzene rings is 1.